The van der Waals surface area contributed by atoms with Crippen molar-refractivity contribution in [2.45, 2.75) is 13.8 Å². The molecule has 3 rings (SSSR count). The van der Waals surface area contributed by atoms with E-state index >= 15 is 0 Å². The first-order chi connectivity index (χ1) is 12.0. The van der Waals surface area contributed by atoms with Crippen LogP contribution in [0.25, 0.3) is 5.69 Å². The van der Waals surface area contributed by atoms with Crippen LogP contribution in [0.3, 0.4) is 0 Å². The fourth-order valence-electron chi connectivity index (χ4n) is 2.94. The van der Waals surface area contributed by atoms with Gasteiger partial charge >= 0.3 is 0 Å². The smallest absolute Gasteiger partial charge is 0.274 e. The standard InChI is InChI=1S/C18H22N4O3/c1-13-4-5-17(25-3)16(12-13)22-7-6-15(19-22)18(24)21-10-8-20(9-11-21)14(2)23/h4-7,12H,8-11H2,1-3H3. The van der Waals surface area contributed by atoms with Gasteiger partial charge in [-0.15, -0.1) is 0 Å². The highest BCUT2D eigenvalue weighted by molar-refractivity contribution is 5.92. The molecule has 1 aromatic carbocycles. The van der Waals surface area contributed by atoms with Gasteiger partial charge in [0.25, 0.3) is 5.91 Å². The van der Waals surface area contributed by atoms with Gasteiger partial charge in [0.2, 0.25) is 5.91 Å². The third-order valence-corrected chi connectivity index (χ3v) is 4.40. The van der Waals surface area contributed by atoms with Gasteiger partial charge in [-0.25, -0.2) is 4.68 Å². The summed E-state index contributed by atoms with van der Waals surface area (Å²) in [6.45, 7) is 5.72. The summed E-state index contributed by atoms with van der Waals surface area (Å²) >= 11 is 0. The molecule has 132 valence electrons. The van der Waals surface area contributed by atoms with Crippen LogP contribution >= 0.6 is 0 Å². The molecule has 0 unspecified atom stereocenters. The molecule has 0 N–H and O–H groups in total. The van der Waals surface area contributed by atoms with Gasteiger partial charge in [-0.3, -0.25) is 9.59 Å². The average Bonchev–Trinajstić information content (AvgIpc) is 3.11. The molecule has 0 saturated carbocycles. The Kier molecular flexibility index (Phi) is 4.74. The maximum atomic E-state index is 12.7. The van der Waals surface area contributed by atoms with Gasteiger partial charge < -0.3 is 14.5 Å². The Morgan fingerprint density at radius 3 is 2.40 bits per heavy atom. The number of hydrogen-bond donors (Lipinski definition) is 0. The first-order valence-corrected chi connectivity index (χ1v) is 8.25. The van der Waals surface area contributed by atoms with Gasteiger partial charge in [-0.2, -0.15) is 5.10 Å². The SMILES string of the molecule is COc1ccc(C)cc1-n1ccc(C(=O)N2CCN(C(C)=O)CC2)n1. The van der Waals surface area contributed by atoms with Crippen molar-refractivity contribution in [2.75, 3.05) is 33.3 Å². The van der Waals surface area contributed by atoms with E-state index in [0.29, 0.717) is 37.6 Å². The van der Waals surface area contributed by atoms with Crippen LogP contribution < -0.4 is 4.74 Å². The van der Waals surface area contributed by atoms with Gasteiger partial charge in [0.15, 0.2) is 5.69 Å². The monoisotopic (exact) mass is 342 g/mol. The number of ether oxygens (including phenoxy) is 1. The number of aromatic nitrogens is 2. The molecule has 1 aromatic heterocycles. The molecule has 1 aliphatic rings. The van der Waals surface area contributed by atoms with Crippen molar-refractivity contribution in [1.29, 1.82) is 0 Å². The summed E-state index contributed by atoms with van der Waals surface area (Å²) in [5.74, 6) is 0.624. The number of piperazine rings is 1. The molecule has 1 saturated heterocycles. The van der Waals surface area contributed by atoms with Gasteiger partial charge in [0.1, 0.15) is 11.4 Å². The van der Waals surface area contributed by atoms with Crippen molar-refractivity contribution in [3.63, 3.8) is 0 Å². The molecule has 2 amide bonds. The molecule has 0 bridgehead atoms. The number of benzene rings is 1. The van der Waals surface area contributed by atoms with E-state index in [1.54, 1.807) is 40.8 Å². The maximum Gasteiger partial charge on any atom is 0.274 e. The zero-order valence-corrected chi connectivity index (χ0v) is 14.7. The zero-order valence-electron chi connectivity index (χ0n) is 14.7. The second-order valence-electron chi connectivity index (χ2n) is 6.12. The van der Waals surface area contributed by atoms with Crippen molar-refractivity contribution >= 4 is 11.8 Å². The van der Waals surface area contributed by atoms with Crippen LogP contribution in [-0.4, -0.2) is 64.7 Å². The Hall–Kier alpha value is -2.83. The molecule has 1 fully saturated rings. The molecule has 2 heterocycles. The molecule has 25 heavy (non-hydrogen) atoms. The summed E-state index contributed by atoms with van der Waals surface area (Å²) in [5, 5.41) is 4.42. The number of amides is 2. The molecule has 7 heteroatoms. The fraction of sp³-hybridized carbons (Fsp3) is 0.389. The first-order valence-electron chi connectivity index (χ1n) is 8.25. The summed E-state index contributed by atoms with van der Waals surface area (Å²) in [6, 6.07) is 7.52. The number of hydrogen-bond acceptors (Lipinski definition) is 4. The highest BCUT2D eigenvalue weighted by Gasteiger charge is 2.24. The molecule has 0 atom stereocenters. The highest BCUT2D eigenvalue weighted by atomic mass is 16.5. The predicted molar refractivity (Wildman–Crippen MR) is 93.0 cm³/mol. The summed E-state index contributed by atoms with van der Waals surface area (Å²) < 4.78 is 7.04. The Balaban J connectivity index is 1.77. The first kappa shape index (κ1) is 17.0. The van der Waals surface area contributed by atoms with Crippen LogP contribution in [0.1, 0.15) is 23.0 Å². The van der Waals surface area contributed by atoms with Crippen molar-refractivity contribution < 1.29 is 14.3 Å². The Morgan fingerprint density at radius 1 is 1.08 bits per heavy atom. The number of aryl methyl sites for hydroxylation is 1. The quantitative estimate of drug-likeness (QED) is 0.848. The van der Waals surface area contributed by atoms with Crippen LogP contribution in [0, 0.1) is 6.92 Å². The van der Waals surface area contributed by atoms with E-state index in [0.717, 1.165) is 11.3 Å². The second kappa shape index (κ2) is 6.96. The highest BCUT2D eigenvalue weighted by Crippen LogP contribution is 2.23. The average molecular weight is 342 g/mol. The maximum absolute atomic E-state index is 12.7. The molecule has 0 radical (unpaired) electrons. The number of carbonyl (C=O) groups excluding carboxylic acids is 2. The normalized spacial score (nSPS) is 14.5. The van der Waals surface area contributed by atoms with E-state index in [-0.39, 0.29) is 11.8 Å². The largest absolute Gasteiger partial charge is 0.494 e. The van der Waals surface area contributed by atoms with Crippen molar-refractivity contribution in [3.8, 4) is 11.4 Å². The van der Waals surface area contributed by atoms with Crippen LogP contribution in [0.5, 0.6) is 5.75 Å². The lowest BCUT2D eigenvalue weighted by atomic mass is 10.2. The number of carbonyl (C=O) groups is 2. The van der Waals surface area contributed by atoms with Gasteiger partial charge in [-0.05, 0) is 30.7 Å². The van der Waals surface area contributed by atoms with E-state index in [1.165, 1.54) is 0 Å². The minimum atomic E-state index is -0.117. The molecular formula is C18H22N4O3. The van der Waals surface area contributed by atoms with Crippen molar-refractivity contribution in [1.82, 2.24) is 19.6 Å². The van der Waals surface area contributed by atoms with E-state index in [9.17, 15) is 9.59 Å². The molecular weight excluding hydrogens is 320 g/mol. The fourth-order valence-corrected chi connectivity index (χ4v) is 2.94. The molecule has 7 nitrogen and oxygen atoms in total. The van der Waals surface area contributed by atoms with E-state index in [1.807, 2.05) is 25.1 Å². The summed E-state index contributed by atoms with van der Waals surface area (Å²) in [7, 11) is 1.61. The lowest BCUT2D eigenvalue weighted by molar-refractivity contribution is -0.130. The van der Waals surface area contributed by atoms with Gasteiger partial charge in [0, 0.05) is 39.3 Å². The summed E-state index contributed by atoms with van der Waals surface area (Å²) in [5.41, 5.74) is 2.27. The van der Waals surface area contributed by atoms with Gasteiger partial charge in [-0.1, -0.05) is 6.07 Å². The third-order valence-electron chi connectivity index (χ3n) is 4.40. The van der Waals surface area contributed by atoms with Crippen LogP contribution in [0.15, 0.2) is 30.5 Å². The molecule has 0 spiro atoms. The lowest BCUT2D eigenvalue weighted by Crippen LogP contribution is -2.50. The topological polar surface area (TPSA) is 67.7 Å². The second-order valence-corrected chi connectivity index (χ2v) is 6.12. The molecule has 0 aliphatic carbocycles. The lowest BCUT2D eigenvalue weighted by Gasteiger charge is -2.33. The predicted octanol–water partition coefficient (Wildman–Crippen LogP) is 1.49. The minimum absolute atomic E-state index is 0.0444. The van der Waals surface area contributed by atoms with Crippen LogP contribution in [0.4, 0.5) is 0 Å². The van der Waals surface area contributed by atoms with Crippen LogP contribution in [0.2, 0.25) is 0 Å². The van der Waals surface area contributed by atoms with E-state index in [4.69, 9.17) is 4.74 Å². The molecule has 2 aromatic rings. The van der Waals surface area contributed by atoms with Crippen LogP contribution in [-0.2, 0) is 4.79 Å². The Morgan fingerprint density at radius 2 is 1.76 bits per heavy atom. The third kappa shape index (κ3) is 3.50. The zero-order chi connectivity index (χ0) is 18.0. The molecule has 1 aliphatic heterocycles. The minimum Gasteiger partial charge on any atom is -0.494 e. The van der Waals surface area contributed by atoms with Crippen molar-refractivity contribution in [2.24, 2.45) is 0 Å². The summed E-state index contributed by atoms with van der Waals surface area (Å²) in [4.78, 5) is 27.5. The van der Waals surface area contributed by atoms with E-state index < -0.39 is 0 Å². The Bertz CT molecular complexity index is 791. The number of rotatable bonds is 3. The van der Waals surface area contributed by atoms with Gasteiger partial charge in [0.05, 0.1) is 7.11 Å². The number of methoxy groups -OCH3 is 1. The van der Waals surface area contributed by atoms with E-state index in [2.05, 4.69) is 5.10 Å². The Labute approximate surface area is 146 Å². The van der Waals surface area contributed by atoms with Crippen molar-refractivity contribution in [3.05, 3.63) is 41.7 Å². The summed E-state index contributed by atoms with van der Waals surface area (Å²) in [6.07, 6.45) is 1.76. The number of nitrogens with zero attached hydrogens (tertiary/aromatic N) is 4.